The summed E-state index contributed by atoms with van der Waals surface area (Å²) in [7, 11) is -3.38. The van der Waals surface area contributed by atoms with E-state index in [1.165, 1.54) is 10.6 Å². The maximum atomic E-state index is 12.1. The van der Waals surface area contributed by atoms with E-state index in [1.807, 2.05) is 0 Å². The second kappa shape index (κ2) is 7.20. The summed E-state index contributed by atoms with van der Waals surface area (Å²) in [6.45, 7) is 0.00697. The van der Waals surface area contributed by atoms with E-state index in [1.54, 1.807) is 18.3 Å². The lowest BCUT2D eigenvalue weighted by Gasteiger charge is -2.23. The van der Waals surface area contributed by atoms with Crippen molar-refractivity contribution in [3.05, 3.63) is 34.7 Å². The summed E-state index contributed by atoms with van der Waals surface area (Å²) in [6, 6.07) is 4.72. The number of hydrogen-bond acceptors (Lipinski definition) is 4. The zero-order chi connectivity index (χ0) is 15.3. The van der Waals surface area contributed by atoms with Crippen molar-refractivity contribution in [2.45, 2.75) is 50.0 Å². The Bertz CT molecular complexity index is 605. The maximum absolute atomic E-state index is 12.1. The molecule has 1 aromatic rings. The molecule has 7 heteroatoms. The molecule has 21 heavy (non-hydrogen) atoms. The summed E-state index contributed by atoms with van der Waals surface area (Å²) in [6.07, 6.45) is 4.98. The average Bonchev–Trinajstić information content (AvgIpc) is 2.49. The van der Waals surface area contributed by atoms with Crippen LogP contribution in [0.5, 0.6) is 0 Å². The minimum absolute atomic E-state index is 0.0693. The molecule has 118 valence electrons. The van der Waals surface area contributed by atoms with E-state index < -0.39 is 16.1 Å². The van der Waals surface area contributed by atoms with Crippen LogP contribution in [0.25, 0.3) is 0 Å². The molecule has 1 atom stereocenters. The van der Waals surface area contributed by atoms with E-state index in [-0.39, 0.29) is 23.9 Å². The van der Waals surface area contributed by atoms with Gasteiger partial charge in [0.25, 0.3) is 5.56 Å². The molecule has 1 aliphatic rings. The minimum atomic E-state index is -3.38. The summed E-state index contributed by atoms with van der Waals surface area (Å²) >= 11 is 0. The Morgan fingerprint density at radius 2 is 2.00 bits per heavy atom. The maximum Gasteiger partial charge on any atom is 0.250 e. The summed E-state index contributed by atoms with van der Waals surface area (Å²) in [5.74, 6) is 0. The fourth-order valence-electron chi connectivity index (χ4n) is 2.61. The van der Waals surface area contributed by atoms with Gasteiger partial charge in [-0.3, -0.25) is 4.79 Å². The number of sulfonamides is 1. The van der Waals surface area contributed by atoms with E-state index >= 15 is 0 Å². The van der Waals surface area contributed by atoms with Crippen LogP contribution in [-0.4, -0.2) is 36.0 Å². The first-order valence-corrected chi connectivity index (χ1v) is 8.86. The van der Waals surface area contributed by atoms with E-state index in [2.05, 4.69) is 4.72 Å². The second-order valence-corrected chi connectivity index (χ2v) is 7.54. The fourth-order valence-corrected chi connectivity index (χ4v) is 4.22. The van der Waals surface area contributed by atoms with Gasteiger partial charge in [-0.1, -0.05) is 25.3 Å². The molecular formula is C14H22N2O4S. The summed E-state index contributed by atoms with van der Waals surface area (Å²) in [5, 5.41) is 9.55. The molecule has 1 fully saturated rings. The Morgan fingerprint density at radius 1 is 1.29 bits per heavy atom. The molecule has 1 aromatic heterocycles. The third-order valence-electron chi connectivity index (χ3n) is 3.82. The highest BCUT2D eigenvalue weighted by Gasteiger charge is 2.27. The molecule has 1 saturated carbocycles. The zero-order valence-corrected chi connectivity index (χ0v) is 12.8. The summed E-state index contributed by atoms with van der Waals surface area (Å²) < 4.78 is 28.1. The van der Waals surface area contributed by atoms with Gasteiger partial charge in [0.05, 0.1) is 17.9 Å². The molecule has 1 unspecified atom stereocenters. The normalized spacial score (nSPS) is 18.5. The van der Waals surface area contributed by atoms with Crippen molar-refractivity contribution in [3.8, 4) is 0 Å². The molecule has 1 heterocycles. The van der Waals surface area contributed by atoms with Gasteiger partial charge in [0.2, 0.25) is 10.0 Å². The Morgan fingerprint density at radius 3 is 2.67 bits per heavy atom. The molecule has 0 radical (unpaired) electrons. The van der Waals surface area contributed by atoms with Gasteiger partial charge >= 0.3 is 0 Å². The topological polar surface area (TPSA) is 88.4 Å². The van der Waals surface area contributed by atoms with Crippen molar-refractivity contribution in [1.82, 2.24) is 9.29 Å². The third kappa shape index (κ3) is 4.66. The van der Waals surface area contributed by atoms with Crippen molar-refractivity contribution in [2.75, 3.05) is 6.54 Å². The van der Waals surface area contributed by atoms with Gasteiger partial charge in [-0.25, -0.2) is 13.1 Å². The average molecular weight is 314 g/mol. The summed E-state index contributed by atoms with van der Waals surface area (Å²) in [4.78, 5) is 11.5. The van der Waals surface area contributed by atoms with Crippen LogP contribution < -0.4 is 10.3 Å². The Balaban J connectivity index is 1.87. The van der Waals surface area contributed by atoms with Gasteiger partial charge in [-0.2, -0.15) is 0 Å². The van der Waals surface area contributed by atoms with Crippen LogP contribution >= 0.6 is 0 Å². The van der Waals surface area contributed by atoms with E-state index in [0.717, 1.165) is 19.3 Å². The fraction of sp³-hybridized carbons (Fsp3) is 0.643. The molecule has 0 aliphatic heterocycles. The summed E-state index contributed by atoms with van der Waals surface area (Å²) in [5.41, 5.74) is -0.216. The molecule has 2 rings (SSSR count). The monoisotopic (exact) mass is 314 g/mol. The van der Waals surface area contributed by atoms with Crippen LogP contribution in [0.15, 0.2) is 29.2 Å². The van der Waals surface area contributed by atoms with Crippen LogP contribution in [-0.2, 0) is 16.6 Å². The number of pyridine rings is 1. The predicted octanol–water partition coefficient (Wildman–Crippen LogP) is 0.461. The molecule has 0 spiro atoms. The van der Waals surface area contributed by atoms with Gasteiger partial charge in [0.1, 0.15) is 0 Å². The molecule has 1 aliphatic carbocycles. The van der Waals surface area contributed by atoms with Crippen LogP contribution in [0.2, 0.25) is 0 Å². The highest BCUT2D eigenvalue weighted by atomic mass is 32.2. The molecule has 0 saturated heterocycles. The number of aromatic nitrogens is 1. The van der Waals surface area contributed by atoms with Crippen LogP contribution in [0.3, 0.4) is 0 Å². The Kier molecular flexibility index (Phi) is 5.55. The molecule has 0 bridgehead atoms. The van der Waals surface area contributed by atoms with Gasteiger partial charge in [0, 0.05) is 18.8 Å². The van der Waals surface area contributed by atoms with Gasteiger partial charge in [0.15, 0.2) is 0 Å². The first-order valence-electron chi connectivity index (χ1n) is 7.31. The largest absolute Gasteiger partial charge is 0.390 e. The zero-order valence-electron chi connectivity index (χ0n) is 11.9. The number of nitrogens with zero attached hydrogens (tertiary/aromatic N) is 1. The van der Waals surface area contributed by atoms with Gasteiger partial charge in [-0.15, -0.1) is 0 Å². The van der Waals surface area contributed by atoms with Crippen LogP contribution in [0.1, 0.15) is 32.1 Å². The predicted molar refractivity (Wildman–Crippen MR) is 80.5 cm³/mol. The highest BCUT2D eigenvalue weighted by Crippen LogP contribution is 2.22. The Labute approximate surface area is 124 Å². The molecule has 0 amide bonds. The van der Waals surface area contributed by atoms with Crippen LogP contribution in [0.4, 0.5) is 0 Å². The molecule has 6 nitrogen and oxygen atoms in total. The van der Waals surface area contributed by atoms with Crippen molar-refractivity contribution < 1.29 is 13.5 Å². The molecule has 2 N–H and O–H groups in total. The van der Waals surface area contributed by atoms with Crippen molar-refractivity contribution in [1.29, 1.82) is 0 Å². The van der Waals surface area contributed by atoms with E-state index in [4.69, 9.17) is 0 Å². The SMILES string of the molecule is O=c1ccccn1CC(O)CNS(=O)(=O)C1CCCCC1. The number of hydrogen-bond donors (Lipinski definition) is 2. The van der Waals surface area contributed by atoms with Gasteiger partial charge < -0.3 is 9.67 Å². The third-order valence-corrected chi connectivity index (χ3v) is 5.74. The Hall–Kier alpha value is -1.18. The number of aliphatic hydroxyl groups is 1. The smallest absolute Gasteiger partial charge is 0.250 e. The van der Waals surface area contributed by atoms with Gasteiger partial charge in [-0.05, 0) is 18.9 Å². The minimum Gasteiger partial charge on any atom is -0.390 e. The highest BCUT2D eigenvalue weighted by molar-refractivity contribution is 7.90. The first-order chi connectivity index (χ1) is 9.99. The lowest BCUT2D eigenvalue weighted by atomic mass is 10.0. The second-order valence-electron chi connectivity index (χ2n) is 5.50. The quantitative estimate of drug-likeness (QED) is 0.798. The van der Waals surface area contributed by atoms with Crippen molar-refractivity contribution in [3.63, 3.8) is 0 Å². The number of rotatable bonds is 6. The van der Waals surface area contributed by atoms with Crippen molar-refractivity contribution >= 4 is 10.0 Å². The number of aliphatic hydroxyl groups excluding tert-OH is 1. The standard InChI is InChI=1S/C14H22N2O4S/c17-12(11-16-9-5-4-8-14(16)18)10-15-21(19,20)13-6-2-1-3-7-13/h4-5,8-9,12-13,15,17H,1-3,6-7,10-11H2. The lowest BCUT2D eigenvalue weighted by Crippen LogP contribution is -2.41. The lowest BCUT2D eigenvalue weighted by molar-refractivity contribution is 0.156. The van der Waals surface area contributed by atoms with Crippen LogP contribution in [0, 0.1) is 0 Å². The van der Waals surface area contributed by atoms with E-state index in [9.17, 15) is 18.3 Å². The van der Waals surface area contributed by atoms with E-state index in [0.29, 0.717) is 12.8 Å². The first kappa shape index (κ1) is 16.2. The van der Waals surface area contributed by atoms with Crippen molar-refractivity contribution in [2.24, 2.45) is 0 Å². The molecular weight excluding hydrogens is 292 g/mol. The number of nitrogens with one attached hydrogen (secondary N) is 1. The molecule has 0 aromatic carbocycles.